The zero-order valence-corrected chi connectivity index (χ0v) is 19.0. The van der Waals surface area contributed by atoms with Crippen LogP contribution in [0.3, 0.4) is 0 Å². The molecule has 2 fully saturated rings. The van der Waals surface area contributed by atoms with Crippen LogP contribution in [0.2, 0.25) is 18.1 Å². The molecule has 4 nitrogen and oxygen atoms in total. The van der Waals surface area contributed by atoms with Crippen LogP contribution in [0.25, 0.3) is 0 Å². The first-order valence-electron chi connectivity index (χ1n) is 11.1. The minimum atomic E-state index is -1.73. The number of rotatable bonds is 11. The number of carbonyl (C=O) groups excluding carboxylic acids is 1. The van der Waals surface area contributed by atoms with Gasteiger partial charge in [0.1, 0.15) is 6.10 Å². The van der Waals surface area contributed by atoms with E-state index in [-0.39, 0.29) is 30.0 Å². The third kappa shape index (κ3) is 5.67. The lowest BCUT2D eigenvalue weighted by atomic mass is 9.89. The molecule has 1 heterocycles. The maximum Gasteiger partial charge on any atom is 0.306 e. The molecular weight excluding hydrogens is 356 g/mol. The lowest BCUT2D eigenvalue weighted by Crippen LogP contribution is -2.41. The minimum Gasteiger partial charge on any atom is -0.462 e. The monoisotopic (exact) mass is 396 g/mol. The predicted molar refractivity (Wildman–Crippen MR) is 112 cm³/mol. The molecule has 0 aromatic carbocycles. The van der Waals surface area contributed by atoms with Crippen LogP contribution in [-0.4, -0.2) is 37.2 Å². The first-order valence-corrected chi connectivity index (χ1v) is 13.6. The molecule has 0 spiro atoms. The molecule has 2 aliphatic rings. The Labute approximate surface area is 166 Å². The lowest BCUT2D eigenvalue weighted by molar-refractivity contribution is -0.141. The number of hydrogen-bond acceptors (Lipinski definition) is 4. The summed E-state index contributed by atoms with van der Waals surface area (Å²) < 4.78 is 12.4. The first-order chi connectivity index (χ1) is 12.8. The summed E-state index contributed by atoms with van der Waals surface area (Å²) in [5.74, 6) is 0.277. The van der Waals surface area contributed by atoms with Gasteiger partial charge in [-0.25, -0.2) is 0 Å². The second-order valence-electron chi connectivity index (χ2n) is 8.78. The molecule has 2 rings (SSSR count). The second kappa shape index (κ2) is 9.70. The highest BCUT2D eigenvalue weighted by molar-refractivity contribution is 6.73. The fourth-order valence-electron chi connectivity index (χ4n) is 4.75. The van der Waals surface area contributed by atoms with E-state index in [9.17, 15) is 9.90 Å². The molecule has 1 unspecified atom stereocenters. The summed E-state index contributed by atoms with van der Waals surface area (Å²) in [6.45, 7) is 10.8. The Balaban J connectivity index is 2.14. The molecule has 27 heavy (non-hydrogen) atoms. The Morgan fingerprint density at radius 1 is 1.22 bits per heavy atom. The Bertz CT molecular complexity index is 504. The summed E-state index contributed by atoms with van der Waals surface area (Å²) >= 11 is 0. The van der Waals surface area contributed by atoms with Gasteiger partial charge in [-0.1, -0.05) is 59.1 Å². The molecule has 0 amide bonds. The third-order valence-corrected chi connectivity index (χ3v) is 11.5. The van der Waals surface area contributed by atoms with E-state index in [1.807, 2.05) is 13.0 Å². The lowest BCUT2D eigenvalue weighted by Gasteiger charge is -2.34. The molecule has 0 aromatic heterocycles. The summed E-state index contributed by atoms with van der Waals surface area (Å²) in [6, 6.07) is 3.37. The predicted octanol–water partition coefficient (Wildman–Crippen LogP) is 5.22. The van der Waals surface area contributed by atoms with Crippen molar-refractivity contribution in [2.24, 2.45) is 11.8 Å². The van der Waals surface area contributed by atoms with Crippen LogP contribution >= 0.6 is 0 Å². The number of hydrogen-bond donors (Lipinski definition) is 1. The summed E-state index contributed by atoms with van der Waals surface area (Å²) in [5.41, 5.74) is -0.796. The van der Waals surface area contributed by atoms with Crippen LogP contribution in [0.15, 0.2) is 12.2 Å². The van der Waals surface area contributed by atoms with Gasteiger partial charge < -0.3 is 14.3 Å². The van der Waals surface area contributed by atoms with E-state index < -0.39 is 13.9 Å². The number of fused-ring (bicyclic) bond motifs is 1. The van der Waals surface area contributed by atoms with Crippen molar-refractivity contribution >= 4 is 14.3 Å². The highest BCUT2D eigenvalue weighted by Crippen LogP contribution is 2.45. The minimum absolute atomic E-state index is 0.0144. The van der Waals surface area contributed by atoms with E-state index in [4.69, 9.17) is 9.16 Å². The van der Waals surface area contributed by atoms with Crippen LogP contribution in [0.5, 0.6) is 0 Å². The van der Waals surface area contributed by atoms with Crippen LogP contribution in [-0.2, 0) is 14.0 Å². The number of aliphatic hydroxyl groups is 1. The zero-order valence-electron chi connectivity index (χ0n) is 18.0. The van der Waals surface area contributed by atoms with Crippen LogP contribution < -0.4 is 0 Å². The van der Waals surface area contributed by atoms with Gasteiger partial charge in [-0.05, 0) is 31.5 Å². The van der Waals surface area contributed by atoms with Crippen molar-refractivity contribution in [3.05, 3.63) is 12.2 Å². The summed E-state index contributed by atoms with van der Waals surface area (Å²) in [5, 5.41) is 10.7. The van der Waals surface area contributed by atoms with Gasteiger partial charge in [0.05, 0.1) is 18.1 Å². The van der Waals surface area contributed by atoms with Crippen LogP contribution in [0, 0.1) is 11.8 Å². The Morgan fingerprint density at radius 3 is 2.48 bits per heavy atom. The fraction of sp³-hybridized carbons (Fsp3) is 0.864. The van der Waals surface area contributed by atoms with Gasteiger partial charge >= 0.3 is 5.97 Å². The Morgan fingerprint density at radius 2 is 1.89 bits per heavy atom. The summed E-state index contributed by atoms with van der Waals surface area (Å²) in [7, 11) is -1.73. The molecule has 1 saturated heterocycles. The van der Waals surface area contributed by atoms with Gasteiger partial charge in [0, 0.05) is 18.3 Å². The van der Waals surface area contributed by atoms with E-state index in [0.29, 0.717) is 6.42 Å². The largest absolute Gasteiger partial charge is 0.462 e. The molecule has 1 saturated carbocycles. The molecule has 1 aliphatic heterocycles. The average Bonchev–Trinajstić information content (AvgIpc) is 3.13. The highest BCUT2D eigenvalue weighted by atomic mass is 28.4. The van der Waals surface area contributed by atoms with E-state index in [2.05, 4.69) is 33.8 Å². The molecule has 0 bridgehead atoms. The molecular formula is C22H40O4Si. The van der Waals surface area contributed by atoms with E-state index in [1.54, 1.807) is 0 Å². The quantitative estimate of drug-likeness (QED) is 0.225. The Hall–Kier alpha value is -0.653. The molecule has 1 aliphatic carbocycles. The van der Waals surface area contributed by atoms with Gasteiger partial charge in [0.15, 0.2) is 8.32 Å². The smallest absolute Gasteiger partial charge is 0.306 e. The van der Waals surface area contributed by atoms with Gasteiger partial charge in [-0.3, -0.25) is 4.79 Å². The number of esters is 1. The van der Waals surface area contributed by atoms with Crippen molar-refractivity contribution < 1.29 is 19.1 Å². The maximum atomic E-state index is 11.8. The molecule has 0 radical (unpaired) electrons. The molecule has 156 valence electrons. The second-order valence-corrected chi connectivity index (χ2v) is 13.5. The Kier molecular flexibility index (Phi) is 8.14. The first kappa shape index (κ1) is 22.6. The summed E-state index contributed by atoms with van der Waals surface area (Å²) in [4.78, 5) is 11.8. The SMILES string of the molecule is CCCCC[C@](C)(O)/C=C/[C@H]1C(O[Si](CC)(CC)CC)C[C@@H]2OC(=O)C[C@@H]21. The number of unbranched alkanes of at least 4 members (excludes halogenated alkanes) is 2. The van der Waals surface area contributed by atoms with Crippen molar-refractivity contribution in [3.8, 4) is 0 Å². The van der Waals surface area contributed by atoms with Gasteiger partial charge in [-0.15, -0.1) is 0 Å². The topological polar surface area (TPSA) is 55.8 Å². The van der Waals surface area contributed by atoms with Crippen LogP contribution in [0.4, 0.5) is 0 Å². The number of carbonyl (C=O) groups is 1. The molecule has 1 N–H and O–H groups in total. The maximum absolute atomic E-state index is 11.8. The highest BCUT2D eigenvalue weighted by Gasteiger charge is 2.51. The van der Waals surface area contributed by atoms with Crippen molar-refractivity contribution in [1.29, 1.82) is 0 Å². The standard InChI is InChI=1S/C22H40O4Si/c1-6-10-11-13-22(5,24)14-12-17-18-15-21(23)25-19(18)16-20(17)26-27(7-2,8-3)9-4/h12,14,17-20,24H,6-11,13,15-16H2,1-5H3/b14-12+/t17-,18-,19+,20?,22+/m1/s1. The molecule has 5 heteroatoms. The summed E-state index contributed by atoms with van der Waals surface area (Å²) in [6.07, 6.45) is 9.59. The van der Waals surface area contributed by atoms with Crippen LogP contribution in [0.1, 0.15) is 73.1 Å². The van der Waals surface area contributed by atoms with Crippen molar-refractivity contribution in [3.63, 3.8) is 0 Å². The van der Waals surface area contributed by atoms with Crippen molar-refractivity contribution in [1.82, 2.24) is 0 Å². The van der Waals surface area contributed by atoms with Crippen molar-refractivity contribution in [2.45, 2.75) is 109 Å². The molecule has 0 aromatic rings. The third-order valence-electron chi connectivity index (χ3n) is 6.85. The number of ether oxygens (including phenoxy) is 1. The molecule has 5 atom stereocenters. The van der Waals surface area contributed by atoms with E-state index in [0.717, 1.165) is 50.2 Å². The fourth-order valence-corrected chi connectivity index (χ4v) is 7.64. The van der Waals surface area contributed by atoms with E-state index >= 15 is 0 Å². The van der Waals surface area contributed by atoms with Gasteiger partial charge in [-0.2, -0.15) is 0 Å². The van der Waals surface area contributed by atoms with E-state index in [1.165, 1.54) is 0 Å². The zero-order chi connectivity index (χ0) is 20.1. The normalized spacial score (nSPS) is 30.5. The van der Waals surface area contributed by atoms with Crippen molar-refractivity contribution in [2.75, 3.05) is 0 Å². The average molecular weight is 397 g/mol. The van der Waals surface area contributed by atoms with Gasteiger partial charge in [0.25, 0.3) is 0 Å². The van der Waals surface area contributed by atoms with Gasteiger partial charge in [0.2, 0.25) is 0 Å².